The van der Waals surface area contributed by atoms with Crippen molar-refractivity contribution in [1.29, 1.82) is 0 Å². The summed E-state index contributed by atoms with van der Waals surface area (Å²) in [6, 6.07) is 0. The zero-order chi connectivity index (χ0) is 24.2. The van der Waals surface area contributed by atoms with Crippen LogP contribution in [0.1, 0.15) is 106 Å². The summed E-state index contributed by atoms with van der Waals surface area (Å²) in [5.41, 5.74) is 6.38. The lowest BCUT2D eigenvalue weighted by Gasteiger charge is -2.59. The summed E-state index contributed by atoms with van der Waals surface area (Å²) in [7, 11) is -1.48. The minimum atomic E-state index is -1.48. The van der Waals surface area contributed by atoms with E-state index in [1.54, 1.807) is 0 Å². The second-order valence-electron chi connectivity index (χ2n) is 14.3. The SMILES string of the molecule is CC(C)=CCCC(C)C1CCC2=C3CCC4C(C)C(O[Si](C)(C)C)CCC4(C)C3CCC21C. The molecule has 3 saturated carbocycles. The van der Waals surface area contributed by atoms with Crippen molar-refractivity contribution in [2.75, 3.05) is 0 Å². The lowest BCUT2D eigenvalue weighted by atomic mass is 9.47. The van der Waals surface area contributed by atoms with Gasteiger partial charge in [-0.05, 0) is 138 Å². The van der Waals surface area contributed by atoms with Crippen LogP contribution in [0.25, 0.3) is 0 Å². The zero-order valence-electron chi connectivity index (χ0n) is 23.5. The third-order valence-electron chi connectivity index (χ3n) is 10.9. The van der Waals surface area contributed by atoms with Crippen LogP contribution < -0.4 is 0 Å². The third kappa shape index (κ3) is 4.74. The molecule has 0 amide bonds. The minimum absolute atomic E-state index is 0.489. The molecule has 0 aromatic rings. The molecule has 8 atom stereocenters. The lowest BCUT2D eigenvalue weighted by molar-refractivity contribution is -0.0718. The van der Waals surface area contributed by atoms with Gasteiger partial charge in [0.1, 0.15) is 0 Å². The first kappa shape index (κ1) is 25.7. The van der Waals surface area contributed by atoms with Crippen molar-refractivity contribution in [1.82, 2.24) is 0 Å². The molecule has 33 heavy (non-hydrogen) atoms. The van der Waals surface area contributed by atoms with E-state index in [-0.39, 0.29) is 0 Å². The van der Waals surface area contributed by atoms with E-state index in [4.69, 9.17) is 4.43 Å². The van der Waals surface area contributed by atoms with Crippen LogP contribution in [-0.4, -0.2) is 14.4 Å². The average molecular weight is 471 g/mol. The van der Waals surface area contributed by atoms with Gasteiger partial charge in [0, 0.05) is 6.10 Å². The molecule has 2 heteroatoms. The Morgan fingerprint density at radius 3 is 2.45 bits per heavy atom. The first-order valence-electron chi connectivity index (χ1n) is 14.4. The van der Waals surface area contributed by atoms with Crippen LogP contribution in [0.5, 0.6) is 0 Å². The molecule has 0 aromatic heterocycles. The highest BCUT2D eigenvalue weighted by Gasteiger charge is 2.57. The molecule has 0 heterocycles. The molecule has 0 saturated heterocycles. The first-order valence-corrected chi connectivity index (χ1v) is 17.8. The first-order chi connectivity index (χ1) is 15.4. The molecule has 1 nitrogen and oxygen atoms in total. The number of rotatable bonds is 6. The Morgan fingerprint density at radius 1 is 1.06 bits per heavy atom. The standard InChI is InChI=1S/C31H54OSi/c1-21(2)11-10-12-22(3)25-15-16-27-24-13-14-26-23(4)29(32-33(7,8)9)18-20-31(26,6)28(24)17-19-30(25,27)5/h11,22-23,25-26,28-29H,10,12-20H2,1-9H3. The van der Waals surface area contributed by atoms with E-state index in [0.717, 1.165) is 29.6 Å². The summed E-state index contributed by atoms with van der Waals surface area (Å²) >= 11 is 0. The monoisotopic (exact) mass is 470 g/mol. The van der Waals surface area contributed by atoms with E-state index in [1.165, 1.54) is 69.8 Å². The van der Waals surface area contributed by atoms with Crippen LogP contribution in [0.3, 0.4) is 0 Å². The predicted molar refractivity (Wildman–Crippen MR) is 146 cm³/mol. The van der Waals surface area contributed by atoms with Crippen LogP contribution in [0.15, 0.2) is 22.8 Å². The Labute approximate surface area is 207 Å². The molecule has 0 aromatic carbocycles. The molecule has 188 valence electrons. The maximum atomic E-state index is 6.72. The van der Waals surface area contributed by atoms with Gasteiger partial charge < -0.3 is 4.43 Å². The zero-order valence-corrected chi connectivity index (χ0v) is 24.5. The Balaban J connectivity index is 1.54. The second-order valence-corrected chi connectivity index (χ2v) is 18.8. The molecule has 0 bridgehead atoms. The summed E-state index contributed by atoms with van der Waals surface area (Å²) in [4.78, 5) is 0. The van der Waals surface area contributed by atoms with E-state index in [9.17, 15) is 0 Å². The highest BCUT2D eigenvalue weighted by atomic mass is 28.4. The van der Waals surface area contributed by atoms with E-state index < -0.39 is 8.32 Å². The van der Waals surface area contributed by atoms with Gasteiger partial charge >= 0.3 is 0 Å². The maximum Gasteiger partial charge on any atom is 0.184 e. The summed E-state index contributed by atoms with van der Waals surface area (Å²) in [5, 5.41) is 0. The summed E-state index contributed by atoms with van der Waals surface area (Å²) in [6.07, 6.45) is 16.8. The Kier molecular flexibility index (Phi) is 7.23. The van der Waals surface area contributed by atoms with Gasteiger partial charge in [0.15, 0.2) is 8.32 Å². The minimum Gasteiger partial charge on any atom is -0.414 e. The normalized spacial score (nSPS) is 41.8. The molecule has 8 unspecified atom stereocenters. The van der Waals surface area contributed by atoms with Crippen molar-refractivity contribution in [3.05, 3.63) is 22.8 Å². The fourth-order valence-corrected chi connectivity index (χ4v) is 10.6. The molecule has 0 N–H and O–H groups in total. The van der Waals surface area contributed by atoms with Gasteiger partial charge in [-0.2, -0.15) is 0 Å². The van der Waals surface area contributed by atoms with Crippen molar-refractivity contribution >= 4 is 8.32 Å². The van der Waals surface area contributed by atoms with Gasteiger partial charge in [0.05, 0.1) is 0 Å². The van der Waals surface area contributed by atoms with Gasteiger partial charge in [-0.3, -0.25) is 0 Å². The van der Waals surface area contributed by atoms with Gasteiger partial charge in [-0.1, -0.05) is 50.5 Å². The fraction of sp³-hybridized carbons (Fsp3) is 0.871. The lowest BCUT2D eigenvalue weighted by Crippen LogP contribution is -2.53. The molecule has 0 aliphatic heterocycles. The van der Waals surface area contributed by atoms with Crippen LogP contribution in [0, 0.1) is 40.4 Å². The number of fused-ring (bicyclic) bond motifs is 4. The Morgan fingerprint density at radius 2 is 1.79 bits per heavy atom. The van der Waals surface area contributed by atoms with Crippen molar-refractivity contribution < 1.29 is 4.43 Å². The van der Waals surface area contributed by atoms with Crippen LogP contribution in [-0.2, 0) is 4.43 Å². The highest BCUT2D eigenvalue weighted by Crippen LogP contribution is 2.66. The quantitative estimate of drug-likeness (QED) is 0.277. The van der Waals surface area contributed by atoms with E-state index >= 15 is 0 Å². The summed E-state index contributed by atoms with van der Waals surface area (Å²) in [6.45, 7) is 22.1. The number of allylic oxidation sites excluding steroid dienone is 4. The van der Waals surface area contributed by atoms with Crippen molar-refractivity contribution in [2.24, 2.45) is 40.4 Å². The predicted octanol–water partition coefficient (Wildman–Crippen LogP) is 9.56. The molecule has 0 spiro atoms. The highest BCUT2D eigenvalue weighted by molar-refractivity contribution is 6.69. The smallest absolute Gasteiger partial charge is 0.184 e. The molecule has 3 fully saturated rings. The number of hydrogen-bond donors (Lipinski definition) is 0. The van der Waals surface area contributed by atoms with Gasteiger partial charge in [-0.15, -0.1) is 0 Å². The molecule has 4 aliphatic rings. The molecular weight excluding hydrogens is 416 g/mol. The van der Waals surface area contributed by atoms with Crippen molar-refractivity contribution in [3.8, 4) is 0 Å². The molecule has 4 aliphatic carbocycles. The number of hydrogen-bond acceptors (Lipinski definition) is 1. The van der Waals surface area contributed by atoms with Crippen molar-refractivity contribution in [3.63, 3.8) is 0 Å². The Bertz CT molecular complexity index is 783. The molecule has 4 rings (SSSR count). The second kappa shape index (κ2) is 9.27. The van der Waals surface area contributed by atoms with Crippen LogP contribution in [0.2, 0.25) is 19.6 Å². The fourth-order valence-electron chi connectivity index (χ4n) is 9.34. The maximum absolute atomic E-state index is 6.72. The van der Waals surface area contributed by atoms with Gasteiger partial charge in [0.25, 0.3) is 0 Å². The van der Waals surface area contributed by atoms with Gasteiger partial charge in [0.2, 0.25) is 0 Å². The van der Waals surface area contributed by atoms with Crippen LogP contribution >= 0.6 is 0 Å². The van der Waals surface area contributed by atoms with Crippen molar-refractivity contribution in [2.45, 2.75) is 131 Å². The topological polar surface area (TPSA) is 9.23 Å². The largest absolute Gasteiger partial charge is 0.414 e. The molecule has 0 radical (unpaired) electrons. The van der Waals surface area contributed by atoms with Gasteiger partial charge in [-0.25, -0.2) is 0 Å². The van der Waals surface area contributed by atoms with E-state index in [0.29, 0.717) is 16.9 Å². The third-order valence-corrected chi connectivity index (χ3v) is 11.9. The van der Waals surface area contributed by atoms with E-state index in [2.05, 4.69) is 67.3 Å². The average Bonchev–Trinajstić information content (AvgIpc) is 3.06. The molecular formula is C31H54OSi. The van der Waals surface area contributed by atoms with E-state index in [1.807, 2.05) is 11.1 Å². The summed E-state index contributed by atoms with van der Waals surface area (Å²) < 4.78 is 6.72. The Hall–Kier alpha value is -0.343. The summed E-state index contributed by atoms with van der Waals surface area (Å²) in [5.74, 6) is 4.18. The van der Waals surface area contributed by atoms with Crippen LogP contribution in [0.4, 0.5) is 0 Å².